The zero-order chi connectivity index (χ0) is 19.2. The molecule has 3 aromatic heterocycles. The first-order valence-electron chi connectivity index (χ1n) is 8.01. The second-order valence-corrected chi connectivity index (χ2v) is 6.18. The standard InChI is InChI=1S/C20H17N3O3S/c1-4-6-13(5-2)19(24)26-12-16-9-15-10-21-20(27-3)23-18(15)17(22-16)14-7-8-25-11-14/h4-11H,1-2,12H2,3H3/b13-6+. The van der Waals surface area contributed by atoms with Crippen LogP contribution in [0.15, 0.2) is 77.4 Å². The van der Waals surface area contributed by atoms with Crippen LogP contribution in [0.25, 0.3) is 22.2 Å². The van der Waals surface area contributed by atoms with E-state index in [1.54, 1.807) is 30.9 Å². The maximum absolute atomic E-state index is 12.1. The molecule has 3 aromatic rings. The van der Waals surface area contributed by atoms with E-state index in [2.05, 4.69) is 28.1 Å². The third-order valence-electron chi connectivity index (χ3n) is 3.68. The third-order valence-corrected chi connectivity index (χ3v) is 4.24. The first-order valence-corrected chi connectivity index (χ1v) is 9.24. The second kappa shape index (κ2) is 8.46. The summed E-state index contributed by atoms with van der Waals surface area (Å²) in [5.41, 5.74) is 3.06. The summed E-state index contributed by atoms with van der Waals surface area (Å²) in [6, 6.07) is 3.61. The Bertz CT molecular complexity index is 1030. The van der Waals surface area contributed by atoms with Gasteiger partial charge in [0.15, 0.2) is 5.16 Å². The molecule has 3 rings (SSSR count). The van der Waals surface area contributed by atoms with Crippen molar-refractivity contribution in [3.63, 3.8) is 0 Å². The Hall–Kier alpha value is -3.19. The fourth-order valence-electron chi connectivity index (χ4n) is 2.42. The highest BCUT2D eigenvalue weighted by atomic mass is 32.2. The summed E-state index contributed by atoms with van der Waals surface area (Å²) < 4.78 is 10.5. The van der Waals surface area contributed by atoms with E-state index in [1.807, 2.05) is 6.26 Å². The SMILES string of the molecule is C=C/C=C(\C=C)C(=O)OCc1cc2cnc(SC)nc2c(-c2ccoc2)n1. The first-order chi connectivity index (χ1) is 13.2. The Morgan fingerprint density at radius 3 is 2.89 bits per heavy atom. The van der Waals surface area contributed by atoms with E-state index in [9.17, 15) is 4.79 Å². The van der Waals surface area contributed by atoms with Gasteiger partial charge >= 0.3 is 5.97 Å². The number of fused-ring (bicyclic) bond motifs is 1. The van der Waals surface area contributed by atoms with Crippen molar-refractivity contribution >= 4 is 28.6 Å². The zero-order valence-electron chi connectivity index (χ0n) is 14.7. The smallest absolute Gasteiger partial charge is 0.338 e. The van der Waals surface area contributed by atoms with Crippen molar-refractivity contribution in [1.82, 2.24) is 15.0 Å². The lowest BCUT2D eigenvalue weighted by Gasteiger charge is -2.09. The number of ether oxygens (including phenoxy) is 1. The first kappa shape index (κ1) is 18.6. The number of carbonyl (C=O) groups excluding carboxylic acids is 1. The van der Waals surface area contributed by atoms with Crippen molar-refractivity contribution in [3.8, 4) is 11.3 Å². The molecule has 0 fully saturated rings. The topological polar surface area (TPSA) is 78.1 Å². The minimum atomic E-state index is -0.495. The van der Waals surface area contributed by atoms with Gasteiger partial charge in [0.05, 0.1) is 23.8 Å². The lowest BCUT2D eigenvalue weighted by atomic mass is 10.1. The van der Waals surface area contributed by atoms with Gasteiger partial charge < -0.3 is 9.15 Å². The Morgan fingerprint density at radius 1 is 1.37 bits per heavy atom. The summed E-state index contributed by atoms with van der Waals surface area (Å²) in [5.74, 6) is -0.495. The van der Waals surface area contributed by atoms with E-state index in [0.717, 1.165) is 10.9 Å². The van der Waals surface area contributed by atoms with Gasteiger partial charge in [-0.05, 0) is 24.5 Å². The summed E-state index contributed by atoms with van der Waals surface area (Å²) >= 11 is 1.45. The van der Waals surface area contributed by atoms with Crippen LogP contribution < -0.4 is 0 Å². The van der Waals surface area contributed by atoms with Crippen LogP contribution in [0.1, 0.15) is 5.69 Å². The Kier molecular flexibility index (Phi) is 5.83. The fourth-order valence-corrected chi connectivity index (χ4v) is 2.76. The number of allylic oxidation sites excluding steroid dienone is 2. The van der Waals surface area contributed by atoms with E-state index in [-0.39, 0.29) is 6.61 Å². The predicted octanol–water partition coefficient (Wildman–Crippen LogP) is 4.35. The minimum absolute atomic E-state index is 0.00618. The lowest BCUT2D eigenvalue weighted by Crippen LogP contribution is -2.08. The molecular weight excluding hydrogens is 362 g/mol. The highest BCUT2D eigenvalue weighted by molar-refractivity contribution is 7.98. The highest BCUT2D eigenvalue weighted by Gasteiger charge is 2.14. The lowest BCUT2D eigenvalue weighted by molar-refractivity contribution is -0.140. The molecule has 3 heterocycles. The number of aromatic nitrogens is 3. The Morgan fingerprint density at radius 2 is 2.22 bits per heavy atom. The molecule has 0 aliphatic carbocycles. The molecule has 0 N–H and O–H groups in total. The average Bonchev–Trinajstić information content (AvgIpc) is 3.23. The average molecular weight is 379 g/mol. The van der Waals surface area contributed by atoms with Crippen LogP contribution in [0.5, 0.6) is 0 Å². The normalized spacial score (nSPS) is 11.4. The number of nitrogens with zero attached hydrogens (tertiary/aromatic N) is 3. The van der Waals surface area contributed by atoms with Gasteiger partial charge in [0.2, 0.25) is 0 Å². The van der Waals surface area contributed by atoms with Crippen molar-refractivity contribution < 1.29 is 13.9 Å². The molecule has 0 aliphatic rings. The van der Waals surface area contributed by atoms with Gasteiger partial charge in [0, 0.05) is 17.1 Å². The van der Waals surface area contributed by atoms with Crippen LogP contribution in [0, 0.1) is 0 Å². The van der Waals surface area contributed by atoms with Crippen LogP contribution in [0.3, 0.4) is 0 Å². The second-order valence-electron chi connectivity index (χ2n) is 5.41. The van der Waals surface area contributed by atoms with Crippen molar-refractivity contribution in [2.24, 2.45) is 0 Å². The predicted molar refractivity (Wildman–Crippen MR) is 105 cm³/mol. The van der Waals surface area contributed by atoms with E-state index < -0.39 is 5.97 Å². The molecule has 0 unspecified atom stereocenters. The number of carbonyl (C=O) groups is 1. The van der Waals surface area contributed by atoms with E-state index in [0.29, 0.717) is 27.6 Å². The molecule has 0 aliphatic heterocycles. The summed E-state index contributed by atoms with van der Waals surface area (Å²) in [4.78, 5) is 25.6. The molecule has 6 nitrogen and oxygen atoms in total. The van der Waals surface area contributed by atoms with Crippen LogP contribution in [0.4, 0.5) is 0 Å². The van der Waals surface area contributed by atoms with Crippen molar-refractivity contribution in [1.29, 1.82) is 0 Å². The maximum Gasteiger partial charge on any atom is 0.338 e. The Labute approximate surface area is 160 Å². The number of rotatable bonds is 7. The summed E-state index contributed by atoms with van der Waals surface area (Å²) in [7, 11) is 0. The van der Waals surface area contributed by atoms with Crippen LogP contribution in [0.2, 0.25) is 0 Å². The molecule has 7 heteroatoms. The van der Waals surface area contributed by atoms with Gasteiger partial charge in [0.1, 0.15) is 17.8 Å². The molecule has 0 aromatic carbocycles. The van der Waals surface area contributed by atoms with Crippen LogP contribution >= 0.6 is 11.8 Å². The number of hydrogen-bond acceptors (Lipinski definition) is 7. The quantitative estimate of drug-likeness (QED) is 0.198. The van der Waals surface area contributed by atoms with Gasteiger partial charge in [-0.3, -0.25) is 0 Å². The van der Waals surface area contributed by atoms with Crippen LogP contribution in [-0.2, 0) is 16.1 Å². The Balaban J connectivity index is 1.97. The monoisotopic (exact) mass is 379 g/mol. The number of thioether (sulfide) groups is 1. The third kappa shape index (κ3) is 4.15. The zero-order valence-corrected chi connectivity index (χ0v) is 15.5. The molecule has 0 saturated carbocycles. The molecule has 0 radical (unpaired) electrons. The molecule has 0 amide bonds. The van der Waals surface area contributed by atoms with Crippen molar-refractivity contribution in [3.05, 3.63) is 73.5 Å². The van der Waals surface area contributed by atoms with Gasteiger partial charge in [-0.25, -0.2) is 19.7 Å². The van der Waals surface area contributed by atoms with Gasteiger partial charge in [-0.15, -0.1) is 0 Å². The largest absolute Gasteiger partial charge is 0.472 e. The maximum atomic E-state index is 12.1. The number of pyridine rings is 1. The molecule has 27 heavy (non-hydrogen) atoms. The van der Waals surface area contributed by atoms with E-state index >= 15 is 0 Å². The van der Waals surface area contributed by atoms with Gasteiger partial charge in [-0.1, -0.05) is 37.1 Å². The molecule has 0 atom stereocenters. The van der Waals surface area contributed by atoms with Gasteiger partial charge in [0.25, 0.3) is 0 Å². The molecule has 136 valence electrons. The minimum Gasteiger partial charge on any atom is -0.472 e. The van der Waals surface area contributed by atoms with E-state index in [1.165, 1.54) is 30.0 Å². The number of hydrogen-bond donors (Lipinski definition) is 0. The number of esters is 1. The molecular formula is C20H17N3O3S. The molecule has 0 bridgehead atoms. The highest BCUT2D eigenvalue weighted by Crippen LogP contribution is 2.28. The van der Waals surface area contributed by atoms with Crippen molar-refractivity contribution in [2.45, 2.75) is 11.8 Å². The van der Waals surface area contributed by atoms with Crippen molar-refractivity contribution in [2.75, 3.05) is 6.26 Å². The summed E-state index contributed by atoms with van der Waals surface area (Å²) in [6.07, 6.45) is 11.3. The fraction of sp³-hybridized carbons (Fsp3) is 0.100. The summed E-state index contributed by atoms with van der Waals surface area (Å²) in [5, 5.41) is 1.45. The van der Waals surface area contributed by atoms with Gasteiger partial charge in [-0.2, -0.15) is 0 Å². The molecule has 0 saturated heterocycles. The molecule has 0 spiro atoms. The number of furan rings is 1. The summed E-state index contributed by atoms with van der Waals surface area (Å²) in [6.45, 7) is 7.17. The van der Waals surface area contributed by atoms with E-state index in [4.69, 9.17) is 9.15 Å². The van der Waals surface area contributed by atoms with Crippen LogP contribution in [-0.4, -0.2) is 27.2 Å².